The highest BCUT2D eigenvalue weighted by molar-refractivity contribution is 9.10. The third kappa shape index (κ3) is 3.89. The van der Waals surface area contributed by atoms with E-state index in [9.17, 15) is 9.90 Å². The van der Waals surface area contributed by atoms with Gasteiger partial charge in [0.1, 0.15) is 10.2 Å². The molecule has 0 spiro atoms. The first kappa shape index (κ1) is 15.7. The normalized spacial score (nSPS) is 13.5. The molecule has 1 atom stereocenters. The van der Waals surface area contributed by atoms with Crippen LogP contribution < -0.4 is 5.32 Å². The van der Waals surface area contributed by atoms with Crippen molar-refractivity contribution in [2.75, 3.05) is 6.54 Å². The summed E-state index contributed by atoms with van der Waals surface area (Å²) in [7, 11) is 0. The number of amides is 1. The third-order valence-corrected chi connectivity index (χ3v) is 3.83. The molecule has 1 amide bonds. The zero-order valence-electron chi connectivity index (χ0n) is 11.9. The van der Waals surface area contributed by atoms with E-state index in [0.717, 1.165) is 11.3 Å². The Morgan fingerprint density at radius 3 is 2.57 bits per heavy atom. The second-order valence-corrected chi connectivity index (χ2v) is 5.86. The van der Waals surface area contributed by atoms with Crippen LogP contribution in [0.2, 0.25) is 0 Å². The van der Waals surface area contributed by atoms with Crippen LogP contribution in [0.4, 0.5) is 0 Å². The van der Waals surface area contributed by atoms with Crippen molar-refractivity contribution in [3.05, 3.63) is 63.9 Å². The van der Waals surface area contributed by atoms with Gasteiger partial charge in [0.25, 0.3) is 5.91 Å². The molecule has 1 aromatic heterocycles. The number of nitrogens with one attached hydrogen (secondary N) is 1. The minimum absolute atomic E-state index is 0.121. The first-order valence-electron chi connectivity index (χ1n) is 6.59. The lowest BCUT2D eigenvalue weighted by molar-refractivity contribution is 0.0526. The van der Waals surface area contributed by atoms with E-state index in [1.807, 2.05) is 37.3 Å². The maximum atomic E-state index is 12.2. The number of carbonyl (C=O) groups is 1. The summed E-state index contributed by atoms with van der Waals surface area (Å²) in [4.78, 5) is 16.4. The summed E-state index contributed by atoms with van der Waals surface area (Å²) in [5, 5.41) is 13.2. The first-order chi connectivity index (χ1) is 9.90. The Bertz CT molecular complexity index is 642. The Kier molecular flexibility index (Phi) is 4.75. The highest BCUT2D eigenvalue weighted by Crippen LogP contribution is 2.20. The Morgan fingerprint density at radius 2 is 1.95 bits per heavy atom. The van der Waals surface area contributed by atoms with E-state index in [-0.39, 0.29) is 12.5 Å². The third-order valence-electron chi connectivity index (χ3n) is 3.22. The van der Waals surface area contributed by atoms with Crippen LogP contribution in [0.5, 0.6) is 0 Å². The first-order valence-corrected chi connectivity index (χ1v) is 7.39. The van der Waals surface area contributed by atoms with Crippen LogP contribution in [0.1, 0.15) is 28.5 Å². The number of benzene rings is 1. The molecule has 0 aliphatic heterocycles. The lowest BCUT2D eigenvalue weighted by Crippen LogP contribution is -2.38. The van der Waals surface area contributed by atoms with Gasteiger partial charge in [-0.15, -0.1) is 0 Å². The Balaban J connectivity index is 2.07. The molecule has 0 aliphatic carbocycles. The fraction of sp³-hybridized carbons (Fsp3) is 0.250. The number of aryl methyl sites for hydroxylation is 1. The van der Waals surface area contributed by atoms with Gasteiger partial charge in [-0.2, -0.15) is 0 Å². The van der Waals surface area contributed by atoms with Crippen molar-refractivity contribution in [2.24, 2.45) is 0 Å². The quantitative estimate of drug-likeness (QED) is 0.835. The average molecular weight is 349 g/mol. The minimum Gasteiger partial charge on any atom is -0.384 e. The molecule has 0 fully saturated rings. The SMILES string of the molecule is Cc1ccc(C(=O)NCC(C)(O)c2ccccc2)c(Br)n1. The zero-order chi connectivity index (χ0) is 15.5. The largest absolute Gasteiger partial charge is 0.384 e. The average Bonchev–Trinajstić information content (AvgIpc) is 2.46. The van der Waals surface area contributed by atoms with Crippen molar-refractivity contribution in [1.29, 1.82) is 0 Å². The van der Waals surface area contributed by atoms with Gasteiger partial charge in [0, 0.05) is 5.69 Å². The van der Waals surface area contributed by atoms with Crippen molar-refractivity contribution in [2.45, 2.75) is 19.4 Å². The number of hydrogen-bond acceptors (Lipinski definition) is 3. The molecule has 0 bridgehead atoms. The molecule has 1 unspecified atom stereocenters. The van der Waals surface area contributed by atoms with Gasteiger partial charge in [0.2, 0.25) is 0 Å². The zero-order valence-corrected chi connectivity index (χ0v) is 13.5. The van der Waals surface area contributed by atoms with E-state index < -0.39 is 5.60 Å². The van der Waals surface area contributed by atoms with Crippen molar-refractivity contribution in [1.82, 2.24) is 10.3 Å². The van der Waals surface area contributed by atoms with E-state index in [4.69, 9.17) is 0 Å². The van der Waals surface area contributed by atoms with Crippen LogP contribution in [0.3, 0.4) is 0 Å². The molecule has 2 rings (SSSR count). The number of carbonyl (C=O) groups excluding carboxylic acids is 1. The molecule has 2 N–H and O–H groups in total. The van der Waals surface area contributed by atoms with E-state index in [0.29, 0.717) is 10.2 Å². The number of hydrogen-bond donors (Lipinski definition) is 2. The van der Waals surface area contributed by atoms with Crippen molar-refractivity contribution < 1.29 is 9.90 Å². The van der Waals surface area contributed by atoms with Gasteiger partial charge in [-0.25, -0.2) is 4.98 Å². The smallest absolute Gasteiger partial charge is 0.254 e. The highest BCUT2D eigenvalue weighted by Gasteiger charge is 2.24. The van der Waals surface area contributed by atoms with E-state index in [1.54, 1.807) is 19.1 Å². The van der Waals surface area contributed by atoms with Crippen molar-refractivity contribution in [3.8, 4) is 0 Å². The van der Waals surface area contributed by atoms with E-state index >= 15 is 0 Å². The standard InChI is InChI=1S/C16H17BrN2O2/c1-11-8-9-13(14(17)19-11)15(20)18-10-16(2,21)12-6-4-3-5-7-12/h3-9,21H,10H2,1-2H3,(H,18,20). The van der Waals surface area contributed by atoms with E-state index in [1.165, 1.54) is 0 Å². The van der Waals surface area contributed by atoms with Gasteiger partial charge in [0.05, 0.1) is 12.1 Å². The second kappa shape index (κ2) is 6.37. The van der Waals surface area contributed by atoms with Crippen molar-refractivity contribution >= 4 is 21.8 Å². The fourth-order valence-electron chi connectivity index (χ4n) is 1.94. The molecule has 4 nitrogen and oxygen atoms in total. The van der Waals surface area contributed by atoms with Crippen LogP contribution in [-0.4, -0.2) is 22.5 Å². The molecule has 1 heterocycles. The van der Waals surface area contributed by atoms with Crippen LogP contribution in [-0.2, 0) is 5.60 Å². The summed E-state index contributed by atoms with van der Waals surface area (Å²) >= 11 is 3.28. The summed E-state index contributed by atoms with van der Waals surface area (Å²) in [5.41, 5.74) is 0.909. The molecule has 110 valence electrons. The monoisotopic (exact) mass is 348 g/mol. The second-order valence-electron chi connectivity index (χ2n) is 5.11. The summed E-state index contributed by atoms with van der Waals surface area (Å²) in [6.45, 7) is 3.65. The number of pyridine rings is 1. The number of halogens is 1. The molecule has 0 aliphatic rings. The maximum absolute atomic E-state index is 12.2. The molecular weight excluding hydrogens is 332 g/mol. The molecule has 5 heteroatoms. The molecule has 0 saturated carbocycles. The Labute approximate surface area is 132 Å². The number of nitrogens with zero attached hydrogens (tertiary/aromatic N) is 1. The Morgan fingerprint density at radius 1 is 1.29 bits per heavy atom. The molecule has 1 aromatic carbocycles. The van der Waals surface area contributed by atoms with Crippen LogP contribution in [0, 0.1) is 6.92 Å². The van der Waals surface area contributed by atoms with E-state index in [2.05, 4.69) is 26.2 Å². The lowest BCUT2D eigenvalue weighted by atomic mass is 9.96. The number of rotatable bonds is 4. The van der Waals surface area contributed by atoms with Gasteiger partial charge < -0.3 is 10.4 Å². The van der Waals surface area contributed by atoms with Gasteiger partial charge in [-0.05, 0) is 47.5 Å². The Hall–Kier alpha value is -1.72. The molecule has 0 saturated heterocycles. The lowest BCUT2D eigenvalue weighted by Gasteiger charge is -2.24. The molecule has 0 radical (unpaired) electrons. The summed E-state index contributed by atoms with van der Waals surface area (Å²) in [6.07, 6.45) is 0. The van der Waals surface area contributed by atoms with Crippen molar-refractivity contribution in [3.63, 3.8) is 0 Å². The van der Waals surface area contributed by atoms with Gasteiger partial charge in [0.15, 0.2) is 0 Å². The summed E-state index contributed by atoms with van der Waals surface area (Å²) in [5.74, 6) is -0.273. The minimum atomic E-state index is -1.12. The van der Waals surface area contributed by atoms with Crippen LogP contribution >= 0.6 is 15.9 Å². The molecular formula is C16H17BrN2O2. The summed E-state index contributed by atoms with van der Waals surface area (Å²) < 4.78 is 0.499. The predicted octanol–water partition coefficient (Wildman–Crippen LogP) is 2.79. The maximum Gasteiger partial charge on any atom is 0.254 e. The summed E-state index contributed by atoms with van der Waals surface area (Å²) in [6, 6.07) is 12.7. The molecule has 21 heavy (non-hydrogen) atoms. The fourth-order valence-corrected chi connectivity index (χ4v) is 2.53. The highest BCUT2D eigenvalue weighted by atomic mass is 79.9. The van der Waals surface area contributed by atoms with Gasteiger partial charge in [-0.1, -0.05) is 30.3 Å². The van der Waals surface area contributed by atoms with Gasteiger partial charge in [-0.3, -0.25) is 4.79 Å². The predicted molar refractivity (Wildman–Crippen MR) is 85.0 cm³/mol. The van der Waals surface area contributed by atoms with Crippen LogP contribution in [0.25, 0.3) is 0 Å². The topological polar surface area (TPSA) is 62.2 Å². The van der Waals surface area contributed by atoms with Gasteiger partial charge >= 0.3 is 0 Å². The number of aromatic nitrogens is 1. The molecule has 2 aromatic rings. The van der Waals surface area contributed by atoms with Crippen LogP contribution in [0.15, 0.2) is 47.1 Å². The number of aliphatic hydroxyl groups is 1.